The van der Waals surface area contributed by atoms with E-state index in [0.29, 0.717) is 48.4 Å². The second-order valence-electron chi connectivity index (χ2n) is 5.45. The average Bonchev–Trinajstić information content (AvgIpc) is 2.88. The Kier molecular flexibility index (Phi) is 4.97. The molecule has 2 aromatic rings. The van der Waals surface area contributed by atoms with Crippen molar-refractivity contribution in [2.45, 2.75) is 6.92 Å². The number of carbonyl (C=O) groups excluding carboxylic acids is 1. The minimum Gasteiger partial charge on any atom is -0.378 e. The largest absolute Gasteiger partial charge is 0.378 e. The summed E-state index contributed by atoms with van der Waals surface area (Å²) in [6.07, 6.45) is 3.17. The lowest BCUT2D eigenvalue weighted by molar-refractivity contribution is -0.129. The van der Waals surface area contributed by atoms with Crippen LogP contribution in [-0.4, -0.2) is 46.9 Å². The molecule has 0 aliphatic carbocycles. The smallest absolute Gasteiger partial charge is 0.246 e. The van der Waals surface area contributed by atoms with Gasteiger partial charge in [-0.25, -0.2) is 9.07 Å². The molecule has 0 spiro atoms. The molecule has 0 atom stereocenters. The van der Waals surface area contributed by atoms with Crippen molar-refractivity contribution in [1.29, 1.82) is 0 Å². The molecule has 126 valence electrons. The molecule has 7 heteroatoms. The lowest BCUT2D eigenvalue weighted by Crippen LogP contribution is -2.39. The van der Waals surface area contributed by atoms with Crippen molar-refractivity contribution in [3.63, 3.8) is 0 Å². The first-order valence-electron chi connectivity index (χ1n) is 7.62. The second-order valence-corrected chi connectivity index (χ2v) is 5.81. The Bertz CT molecular complexity index is 765. The Balaban J connectivity index is 1.82. The lowest BCUT2D eigenvalue weighted by Gasteiger charge is -2.25. The highest BCUT2D eigenvalue weighted by Crippen LogP contribution is 2.25. The average molecular weight is 350 g/mol. The van der Waals surface area contributed by atoms with Crippen LogP contribution < -0.4 is 0 Å². The third-order valence-electron chi connectivity index (χ3n) is 3.83. The summed E-state index contributed by atoms with van der Waals surface area (Å²) < 4.78 is 19.8. The van der Waals surface area contributed by atoms with E-state index in [1.54, 1.807) is 23.1 Å². The molecule has 1 aromatic heterocycles. The number of hydrogen-bond acceptors (Lipinski definition) is 3. The highest BCUT2D eigenvalue weighted by atomic mass is 35.5. The maximum absolute atomic E-state index is 13.0. The number of benzene rings is 1. The van der Waals surface area contributed by atoms with Gasteiger partial charge in [-0.2, -0.15) is 5.10 Å². The Morgan fingerprint density at radius 1 is 1.29 bits per heavy atom. The summed E-state index contributed by atoms with van der Waals surface area (Å²) in [4.78, 5) is 13.9. The number of carbonyl (C=O) groups is 1. The molecule has 0 radical (unpaired) electrons. The van der Waals surface area contributed by atoms with Crippen LogP contribution in [0.25, 0.3) is 11.8 Å². The summed E-state index contributed by atoms with van der Waals surface area (Å²) in [5, 5.41) is 4.75. The van der Waals surface area contributed by atoms with Crippen LogP contribution in [0.2, 0.25) is 5.15 Å². The van der Waals surface area contributed by atoms with Gasteiger partial charge in [-0.05, 0) is 37.3 Å². The van der Waals surface area contributed by atoms with Gasteiger partial charge in [-0.3, -0.25) is 4.79 Å². The SMILES string of the molecule is Cc1nn(-c2ccc(F)cc2)c(Cl)c1C=CC(=O)N1CCOCC1. The zero-order chi connectivity index (χ0) is 17.1. The van der Waals surface area contributed by atoms with Crippen molar-refractivity contribution in [1.82, 2.24) is 14.7 Å². The molecule has 3 rings (SSSR count). The predicted octanol–water partition coefficient (Wildman–Crippen LogP) is 2.85. The molecule has 1 aliphatic rings. The normalized spacial score (nSPS) is 15.2. The van der Waals surface area contributed by atoms with Gasteiger partial charge in [0.05, 0.1) is 24.6 Å². The first-order valence-corrected chi connectivity index (χ1v) is 8.00. The van der Waals surface area contributed by atoms with Crippen LogP contribution >= 0.6 is 11.6 Å². The summed E-state index contributed by atoms with van der Waals surface area (Å²) in [6, 6.07) is 5.89. The molecule has 0 bridgehead atoms. The maximum Gasteiger partial charge on any atom is 0.246 e. The van der Waals surface area contributed by atoms with E-state index in [-0.39, 0.29) is 11.7 Å². The Hall–Kier alpha value is -2.18. The standard InChI is InChI=1S/C17H17ClFN3O2/c1-12-15(6-7-16(23)21-8-10-24-11-9-21)17(18)22(20-12)14-4-2-13(19)3-5-14/h2-7H,8-11H2,1H3. The Labute approximate surface area is 144 Å². The van der Waals surface area contributed by atoms with Gasteiger partial charge in [0.1, 0.15) is 11.0 Å². The minimum atomic E-state index is -0.324. The van der Waals surface area contributed by atoms with Crippen molar-refractivity contribution in [2.24, 2.45) is 0 Å². The number of morpholine rings is 1. The van der Waals surface area contributed by atoms with E-state index in [1.807, 2.05) is 6.92 Å². The zero-order valence-electron chi connectivity index (χ0n) is 13.2. The molecular weight excluding hydrogens is 333 g/mol. The van der Waals surface area contributed by atoms with Crippen LogP contribution in [-0.2, 0) is 9.53 Å². The molecule has 5 nitrogen and oxygen atoms in total. The summed E-state index contributed by atoms with van der Waals surface area (Å²) in [5.74, 6) is -0.404. The van der Waals surface area contributed by atoms with E-state index in [2.05, 4.69) is 5.10 Å². The molecule has 0 N–H and O–H groups in total. The molecule has 0 unspecified atom stereocenters. The van der Waals surface area contributed by atoms with Crippen LogP contribution in [0.4, 0.5) is 4.39 Å². The van der Waals surface area contributed by atoms with Crippen molar-refractivity contribution < 1.29 is 13.9 Å². The number of aryl methyl sites for hydroxylation is 1. The zero-order valence-corrected chi connectivity index (χ0v) is 14.0. The van der Waals surface area contributed by atoms with E-state index in [0.717, 1.165) is 0 Å². The van der Waals surface area contributed by atoms with Gasteiger partial charge >= 0.3 is 0 Å². The van der Waals surface area contributed by atoms with Crippen LogP contribution in [0.15, 0.2) is 30.3 Å². The molecular formula is C17H17ClFN3O2. The Morgan fingerprint density at radius 3 is 2.62 bits per heavy atom. The van der Waals surface area contributed by atoms with Gasteiger partial charge in [0.15, 0.2) is 0 Å². The maximum atomic E-state index is 13.0. The third-order valence-corrected chi connectivity index (χ3v) is 4.20. The number of hydrogen-bond donors (Lipinski definition) is 0. The quantitative estimate of drug-likeness (QED) is 0.800. The fourth-order valence-corrected chi connectivity index (χ4v) is 2.83. The second kappa shape index (κ2) is 7.15. The molecule has 2 heterocycles. The molecule has 1 saturated heterocycles. The summed E-state index contributed by atoms with van der Waals surface area (Å²) in [6.45, 7) is 4.10. The molecule has 1 fully saturated rings. The minimum absolute atomic E-state index is 0.0803. The van der Waals surface area contributed by atoms with Gasteiger partial charge in [-0.1, -0.05) is 11.6 Å². The van der Waals surface area contributed by atoms with Crippen molar-refractivity contribution >= 4 is 23.6 Å². The lowest BCUT2D eigenvalue weighted by atomic mass is 10.2. The number of amides is 1. The number of nitrogens with zero attached hydrogens (tertiary/aromatic N) is 3. The number of rotatable bonds is 3. The van der Waals surface area contributed by atoms with Crippen LogP contribution in [0.1, 0.15) is 11.3 Å². The van der Waals surface area contributed by atoms with Crippen molar-refractivity contribution in [3.05, 3.63) is 52.6 Å². The molecule has 0 saturated carbocycles. The first-order chi connectivity index (χ1) is 11.6. The van der Waals surface area contributed by atoms with Gasteiger partial charge in [0.25, 0.3) is 0 Å². The van der Waals surface area contributed by atoms with Crippen LogP contribution in [0, 0.1) is 12.7 Å². The molecule has 24 heavy (non-hydrogen) atoms. The third kappa shape index (κ3) is 3.49. The highest BCUT2D eigenvalue weighted by Gasteiger charge is 2.16. The highest BCUT2D eigenvalue weighted by molar-refractivity contribution is 6.31. The van der Waals surface area contributed by atoms with Crippen molar-refractivity contribution in [2.75, 3.05) is 26.3 Å². The number of halogens is 2. The summed E-state index contributed by atoms with van der Waals surface area (Å²) in [5.41, 5.74) is 2.02. The van der Waals surface area contributed by atoms with Crippen molar-refractivity contribution in [3.8, 4) is 5.69 Å². The Morgan fingerprint density at radius 2 is 1.96 bits per heavy atom. The first kappa shape index (κ1) is 16.7. The van der Waals surface area contributed by atoms with E-state index >= 15 is 0 Å². The monoisotopic (exact) mass is 349 g/mol. The molecule has 1 amide bonds. The van der Waals surface area contributed by atoms with E-state index < -0.39 is 0 Å². The van der Waals surface area contributed by atoms with E-state index in [9.17, 15) is 9.18 Å². The van der Waals surface area contributed by atoms with Crippen LogP contribution in [0.3, 0.4) is 0 Å². The van der Waals surface area contributed by atoms with E-state index in [4.69, 9.17) is 16.3 Å². The fraction of sp³-hybridized carbons (Fsp3) is 0.294. The number of ether oxygens (including phenoxy) is 1. The van der Waals surface area contributed by atoms with Gasteiger partial charge in [-0.15, -0.1) is 0 Å². The van der Waals surface area contributed by atoms with Gasteiger partial charge in [0.2, 0.25) is 5.91 Å². The van der Waals surface area contributed by atoms with Crippen LogP contribution in [0.5, 0.6) is 0 Å². The van der Waals surface area contributed by atoms with E-state index in [1.165, 1.54) is 22.9 Å². The molecule has 1 aromatic carbocycles. The topological polar surface area (TPSA) is 47.4 Å². The summed E-state index contributed by atoms with van der Waals surface area (Å²) in [7, 11) is 0. The molecule has 1 aliphatic heterocycles. The predicted molar refractivity (Wildman–Crippen MR) is 89.7 cm³/mol. The van der Waals surface area contributed by atoms with Gasteiger partial charge < -0.3 is 9.64 Å². The number of aromatic nitrogens is 2. The fourth-order valence-electron chi connectivity index (χ4n) is 2.50. The summed E-state index contributed by atoms with van der Waals surface area (Å²) >= 11 is 6.38. The van der Waals surface area contributed by atoms with Gasteiger partial charge in [0, 0.05) is 24.7 Å².